The van der Waals surface area contributed by atoms with E-state index in [2.05, 4.69) is 25.1 Å². The molecule has 0 bridgehead atoms. The first-order chi connectivity index (χ1) is 9.45. The van der Waals surface area contributed by atoms with Crippen LogP contribution >= 0.6 is 0 Å². The lowest BCUT2D eigenvalue weighted by Crippen LogP contribution is -2.50. The van der Waals surface area contributed by atoms with Gasteiger partial charge in [0, 0.05) is 6.04 Å². The summed E-state index contributed by atoms with van der Waals surface area (Å²) in [6.45, 7) is 3.96. The first-order valence-electron chi connectivity index (χ1n) is 7.16. The van der Waals surface area contributed by atoms with Gasteiger partial charge in [0.15, 0.2) is 0 Å². The van der Waals surface area contributed by atoms with Crippen molar-refractivity contribution in [2.75, 3.05) is 13.1 Å². The maximum atomic E-state index is 12.2. The van der Waals surface area contributed by atoms with Crippen LogP contribution in [0.25, 0.3) is 0 Å². The molecule has 0 aromatic heterocycles. The predicted molar refractivity (Wildman–Crippen MR) is 77.2 cm³/mol. The highest BCUT2D eigenvalue weighted by molar-refractivity contribution is 5.80. The number of nitrogens with zero attached hydrogens (tertiary/aromatic N) is 1. The number of aliphatic carboxylic acids is 1. The van der Waals surface area contributed by atoms with Crippen LogP contribution in [0.3, 0.4) is 0 Å². The summed E-state index contributed by atoms with van der Waals surface area (Å²) in [6, 6.07) is -0.256. The van der Waals surface area contributed by atoms with Crippen molar-refractivity contribution in [2.24, 2.45) is 11.8 Å². The van der Waals surface area contributed by atoms with Gasteiger partial charge in [-0.05, 0) is 24.7 Å². The highest BCUT2D eigenvalue weighted by Gasteiger charge is 2.30. The molecule has 0 saturated heterocycles. The second-order valence-electron chi connectivity index (χ2n) is 5.70. The molecule has 0 spiro atoms. The van der Waals surface area contributed by atoms with E-state index in [0.717, 1.165) is 24.2 Å². The molecule has 0 heterocycles. The van der Waals surface area contributed by atoms with Gasteiger partial charge in [-0.25, -0.2) is 4.79 Å². The van der Waals surface area contributed by atoms with Gasteiger partial charge >= 0.3 is 12.0 Å². The Balaban J connectivity index is 2.65. The average Bonchev–Trinajstić information content (AvgIpc) is 2.38. The number of hydrogen-bond donors (Lipinski definition) is 2. The van der Waals surface area contributed by atoms with E-state index >= 15 is 0 Å². The van der Waals surface area contributed by atoms with Gasteiger partial charge in [-0.15, -0.1) is 6.42 Å². The summed E-state index contributed by atoms with van der Waals surface area (Å²) in [5, 5.41) is 11.8. The summed E-state index contributed by atoms with van der Waals surface area (Å²) in [4.78, 5) is 24.1. The molecule has 2 amide bonds. The summed E-state index contributed by atoms with van der Waals surface area (Å²) in [5.41, 5.74) is 0. The predicted octanol–water partition coefficient (Wildman–Crippen LogP) is 1.93. The van der Waals surface area contributed by atoms with Crippen molar-refractivity contribution in [3.63, 3.8) is 0 Å². The largest absolute Gasteiger partial charge is 0.480 e. The van der Waals surface area contributed by atoms with Crippen molar-refractivity contribution in [3.05, 3.63) is 0 Å². The zero-order chi connectivity index (χ0) is 15.1. The third-order valence-corrected chi connectivity index (χ3v) is 3.88. The number of urea groups is 1. The van der Waals surface area contributed by atoms with E-state index < -0.39 is 5.97 Å². The summed E-state index contributed by atoms with van der Waals surface area (Å²) < 4.78 is 0. The quantitative estimate of drug-likeness (QED) is 0.756. The molecule has 0 radical (unpaired) electrons. The number of carbonyl (C=O) groups is 2. The fraction of sp³-hybridized carbons (Fsp3) is 0.733. The van der Waals surface area contributed by atoms with Crippen molar-refractivity contribution < 1.29 is 14.7 Å². The van der Waals surface area contributed by atoms with Gasteiger partial charge in [0.2, 0.25) is 0 Å². The van der Waals surface area contributed by atoms with Crippen molar-refractivity contribution in [3.8, 4) is 12.3 Å². The Bertz CT molecular complexity index is 387. The maximum absolute atomic E-state index is 12.2. The molecule has 2 unspecified atom stereocenters. The fourth-order valence-electron chi connectivity index (χ4n) is 2.86. The smallest absolute Gasteiger partial charge is 0.323 e. The third kappa shape index (κ3) is 4.76. The van der Waals surface area contributed by atoms with Gasteiger partial charge in [-0.2, -0.15) is 0 Å². The lowest BCUT2D eigenvalue weighted by atomic mass is 9.78. The minimum Gasteiger partial charge on any atom is -0.480 e. The van der Waals surface area contributed by atoms with E-state index in [-0.39, 0.29) is 25.2 Å². The summed E-state index contributed by atoms with van der Waals surface area (Å²) in [7, 11) is 0. The van der Waals surface area contributed by atoms with Gasteiger partial charge in [0.25, 0.3) is 0 Å². The lowest BCUT2D eigenvalue weighted by Gasteiger charge is -2.36. The molecule has 20 heavy (non-hydrogen) atoms. The third-order valence-electron chi connectivity index (χ3n) is 3.88. The van der Waals surface area contributed by atoms with Crippen LogP contribution in [0, 0.1) is 24.2 Å². The zero-order valence-corrected chi connectivity index (χ0v) is 12.3. The van der Waals surface area contributed by atoms with Crippen LogP contribution in [0.2, 0.25) is 0 Å². The van der Waals surface area contributed by atoms with E-state index in [1.807, 2.05) is 0 Å². The van der Waals surface area contributed by atoms with Crippen LogP contribution < -0.4 is 5.32 Å². The van der Waals surface area contributed by atoms with Gasteiger partial charge in [0.1, 0.15) is 6.54 Å². The van der Waals surface area contributed by atoms with Crippen LogP contribution in [-0.4, -0.2) is 41.1 Å². The zero-order valence-electron chi connectivity index (χ0n) is 12.3. The first kappa shape index (κ1) is 16.4. The number of carboxylic acid groups (broad SMARTS) is 1. The topological polar surface area (TPSA) is 69.6 Å². The number of carboxylic acids is 1. The molecule has 2 N–H and O–H groups in total. The Morgan fingerprint density at radius 3 is 2.60 bits per heavy atom. The van der Waals surface area contributed by atoms with Crippen LogP contribution in [0.5, 0.6) is 0 Å². The Hall–Kier alpha value is -1.70. The summed E-state index contributed by atoms with van der Waals surface area (Å²) in [6.07, 6.45) is 9.54. The Morgan fingerprint density at radius 2 is 2.05 bits per heavy atom. The first-order valence-corrected chi connectivity index (χ1v) is 7.16. The summed E-state index contributed by atoms with van der Waals surface area (Å²) in [5.74, 6) is 2.22. The number of nitrogens with one attached hydrogen (secondary N) is 1. The Labute approximate surface area is 120 Å². The highest BCUT2D eigenvalue weighted by atomic mass is 16.4. The van der Waals surface area contributed by atoms with Crippen molar-refractivity contribution in [1.29, 1.82) is 0 Å². The van der Waals surface area contributed by atoms with Crippen molar-refractivity contribution >= 4 is 12.0 Å². The molecule has 1 rings (SSSR count). The van der Waals surface area contributed by atoms with E-state index in [9.17, 15) is 9.59 Å². The molecule has 112 valence electrons. The molecule has 5 nitrogen and oxygen atoms in total. The molecule has 1 aliphatic carbocycles. The molecule has 1 saturated carbocycles. The van der Waals surface area contributed by atoms with Crippen molar-refractivity contribution in [1.82, 2.24) is 10.2 Å². The SMILES string of the molecule is C#CCN(CC(=O)O)C(=O)NC1CCCCC1C(C)C. The number of hydrogen-bond acceptors (Lipinski definition) is 2. The number of amides is 2. The molecule has 1 fully saturated rings. The number of rotatable bonds is 5. The van der Waals surface area contributed by atoms with E-state index in [4.69, 9.17) is 11.5 Å². The lowest BCUT2D eigenvalue weighted by molar-refractivity contribution is -0.137. The molecular weight excluding hydrogens is 256 g/mol. The average molecular weight is 280 g/mol. The fourth-order valence-corrected chi connectivity index (χ4v) is 2.86. The van der Waals surface area contributed by atoms with E-state index in [0.29, 0.717) is 11.8 Å². The Kier molecular flexibility index (Phi) is 6.37. The number of terminal acetylenes is 1. The van der Waals surface area contributed by atoms with Crippen LogP contribution in [-0.2, 0) is 4.79 Å². The molecule has 2 atom stereocenters. The minimum absolute atomic E-state index is 0.0111. The summed E-state index contributed by atoms with van der Waals surface area (Å²) >= 11 is 0. The van der Waals surface area contributed by atoms with Gasteiger partial charge in [-0.3, -0.25) is 4.79 Å². The van der Waals surface area contributed by atoms with Crippen molar-refractivity contribution in [2.45, 2.75) is 45.6 Å². The molecule has 1 aliphatic rings. The van der Waals surface area contributed by atoms with Gasteiger partial charge in [0.05, 0.1) is 6.54 Å². The van der Waals surface area contributed by atoms with E-state index in [1.165, 1.54) is 6.42 Å². The molecule has 0 aliphatic heterocycles. The second kappa shape index (κ2) is 7.78. The standard InChI is InChI=1S/C15H24N2O3/c1-4-9-17(10-14(18)19)15(20)16-13-8-6-5-7-12(13)11(2)3/h1,11-13H,5-10H2,2-3H3,(H,16,20)(H,18,19). The van der Waals surface area contributed by atoms with Crippen LogP contribution in [0.15, 0.2) is 0 Å². The maximum Gasteiger partial charge on any atom is 0.323 e. The molecule has 0 aromatic carbocycles. The highest BCUT2D eigenvalue weighted by Crippen LogP contribution is 2.30. The molecule has 5 heteroatoms. The van der Waals surface area contributed by atoms with Gasteiger partial charge in [-0.1, -0.05) is 32.6 Å². The normalized spacial score (nSPS) is 22.1. The van der Waals surface area contributed by atoms with Gasteiger partial charge < -0.3 is 15.3 Å². The molecular formula is C15H24N2O3. The minimum atomic E-state index is -1.06. The second-order valence-corrected chi connectivity index (χ2v) is 5.70. The van der Waals surface area contributed by atoms with E-state index in [1.54, 1.807) is 0 Å². The Morgan fingerprint density at radius 1 is 1.40 bits per heavy atom. The number of carbonyl (C=O) groups excluding carboxylic acids is 1. The monoisotopic (exact) mass is 280 g/mol. The van der Waals surface area contributed by atoms with Crippen LogP contribution in [0.1, 0.15) is 39.5 Å². The van der Waals surface area contributed by atoms with Crippen LogP contribution in [0.4, 0.5) is 4.79 Å². The molecule has 0 aromatic rings.